The van der Waals surface area contributed by atoms with E-state index < -0.39 is 26.0 Å². The molecular weight excluding hydrogens is 544 g/mol. The summed E-state index contributed by atoms with van der Waals surface area (Å²) in [7, 11) is 0. The zero-order chi connectivity index (χ0) is 37.8. The van der Waals surface area contributed by atoms with Crippen LogP contribution in [-0.2, 0) is 5.41 Å². The number of aromatic nitrogens is 2. The summed E-state index contributed by atoms with van der Waals surface area (Å²) < 4.78 is 79.7. The standard InChI is InChI=1S/C43H32N2/c1-27-44-38-21-11-13-23-40(38)45(27)39-22-12-9-19-35(39)42-33-17-6-4-15-31(33)41(32-16-5-7-18-34(32)42)28-24-25-30-29-14-8-10-20-36(29)43(2,3)37(30)26-28/h4-26H,1-3H3/i1D3,2D3,3D3. The summed E-state index contributed by atoms with van der Waals surface area (Å²) in [5.41, 5.74) is 4.64. The SMILES string of the molecule is [2H]C([2H])([2H])c1nc2ccccc2n1-c1ccccc1-c1c2ccccc2c(-c2ccc3c(c2)C(C([2H])([2H])[2H])(C([2H])([2H])[2H])c2ccccc2-3)c2ccccc12. The van der Waals surface area contributed by atoms with Crippen molar-refractivity contribution in [3.8, 4) is 39.1 Å². The number of hydrogen-bond donors (Lipinski definition) is 0. The Balaban J connectivity index is 1.37. The maximum Gasteiger partial charge on any atom is 0.111 e. The van der Waals surface area contributed by atoms with Gasteiger partial charge in [-0.15, -0.1) is 0 Å². The molecule has 0 spiro atoms. The van der Waals surface area contributed by atoms with Crippen LogP contribution in [0.5, 0.6) is 0 Å². The van der Waals surface area contributed by atoms with Crippen LogP contribution in [0, 0.1) is 6.85 Å². The lowest BCUT2D eigenvalue weighted by atomic mass is 9.80. The van der Waals surface area contributed by atoms with Crippen molar-refractivity contribution in [2.75, 3.05) is 0 Å². The van der Waals surface area contributed by atoms with E-state index in [-0.39, 0.29) is 17.0 Å². The van der Waals surface area contributed by atoms with Gasteiger partial charge in [0.2, 0.25) is 0 Å². The average Bonchev–Trinajstić information content (AvgIpc) is 3.68. The first-order valence-electron chi connectivity index (χ1n) is 19.5. The Labute approximate surface area is 275 Å². The van der Waals surface area contributed by atoms with E-state index in [0.717, 1.165) is 38.2 Å². The van der Waals surface area contributed by atoms with Gasteiger partial charge in [-0.1, -0.05) is 129 Å². The summed E-state index contributed by atoms with van der Waals surface area (Å²) in [5.74, 6) is -0.0347. The van der Waals surface area contributed by atoms with E-state index in [1.807, 2.05) is 109 Å². The van der Waals surface area contributed by atoms with Crippen molar-refractivity contribution in [1.29, 1.82) is 0 Å². The fourth-order valence-electron chi connectivity index (χ4n) is 7.31. The second-order valence-corrected chi connectivity index (χ2v) is 11.7. The maximum absolute atomic E-state index is 8.77. The van der Waals surface area contributed by atoms with Gasteiger partial charge in [0, 0.05) is 23.3 Å². The number of aryl methyl sites for hydroxylation is 1. The zero-order valence-corrected chi connectivity index (χ0v) is 24.2. The Morgan fingerprint density at radius 2 is 1.16 bits per heavy atom. The van der Waals surface area contributed by atoms with Crippen LogP contribution in [0.2, 0.25) is 0 Å². The molecule has 0 N–H and O–H groups in total. The van der Waals surface area contributed by atoms with Gasteiger partial charge >= 0.3 is 0 Å². The number of benzene rings is 7. The van der Waals surface area contributed by atoms with Gasteiger partial charge < -0.3 is 0 Å². The van der Waals surface area contributed by atoms with E-state index in [0.29, 0.717) is 33.4 Å². The van der Waals surface area contributed by atoms with Crippen LogP contribution >= 0.6 is 0 Å². The van der Waals surface area contributed by atoms with Crippen LogP contribution in [0.4, 0.5) is 0 Å². The molecule has 7 aromatic carbocycles. The first kappa shape index (κ1) is 18.4. The van der Waals surface area contributed by atoms with Crippen LogP contribution in [0.25, 0.3) is 71.6 Å². The van der Waals surface area contributed by atoms with Crippen LogP contribution in [-0.4, -0.2) is 9.55 Å². The van der Waals surface area contributed by atoms with Crippen molar-refractivity contribution < 1.29 is 12.3 Å². The van der Waals surface area contributed by atoms with Crippen molar-refractivity contribution in [2.45, 2.75) is 26.0 Å². The van der Waals surface area contributed by atoms with Gasteiger partial charge in [0.1, 0.15) is 5.82 Å². The fraction of sp³-hybridized carbons (Fsp3) is 0.0930. The van der Waals surface area contributed by atoms with Crippen molar-refractivity contribution in [1.82, 2.24) is 9.55 Å². The topological polar surface area (TPSA) is 17.8 Å². The molecular formula is C43H32N2. The second-order valence-electron chi connectivity index (χ2n) is 11.7. The molecule has 0 radical (unpaired) electrons. The summed E-state index contributed by atoms with van der Waals surface area (Å²) in [6.07, 6.45) is 0. The van der Waals surface area contributed by atoms with Gasteiger partial charge in [-0.05, 0) is 91.6 Å². The minimum absolute atomic E-state index is 0.0347. The Morgan fingerprint density at radius 1 is 0.556 bits per heavy atom. The molecule has 45 heavy (non-hydrogen) atoms. The van der Waals surface area contributed by atoms with Gasteiger partial charge in [0.25, 0.3) is 0 Å². The van der Waals surface area contributed by atoms with Crippen LogP contribution in [0.3, 0.4) is 0 Å². The average molecular weight is 586 g/mol. The molecule has 214 valence electrons. The maximum atomic E-state index is 8.77. The summed E-state index contributed by atoms with van der Waals surface area (Å²) in [4.78, 5) is 4.58. The van der Waals surface area contributed by atoms with Gasteiger partial charge in [0.15, 0.2) is 0 Å². The molecule has 0 unspecified atom stereocenters. The summed E-state index contributed by atoms with van der Waals surface area (Å²) in [6, 6.07) is 43.6. The molecule has 2 nitrogen and oxygen atoms in total. The first-order valence-corrected chi connectivity index (χ1v) is 15.0. The minimum Gasteiger partial charge on any atom is -0.296 e. The van der Waals surface area contributed by atoms with Crippen molar-refractivity contribution >= 4 is 32.6 Å². The summed E-state index contributed by atoms with van der Waals surface area (Å²) in [6.45, 7) is -8.27. The zero-order valence-electron chi connectivity index (χ0n) is 33.2. The molecule has 0 saturated carbocycles. The third kappa shape index (κ3) is 3.66. The molecule has 1 aliphatic rings. The summed E-state index contributed by atoms with van der Waals surface area (Å²) in [5, 5.41) is 3.52. The quantitative estimate of drug-likeness (QED) is 0.189. The summed E-state index contributed by atoms with van der Waals surface area (Å²) >= 11 is 0. The van der Waals surface area contributed by atoms with E-state index in [1.54, 1.807) is 34.9 Å². The molecule has 0 bridgehead atoms. The molecule has 0 fully saturated rings. The number of hydrogen-bond acceptors (Lipinski definition) is 1. The molecule has 1 aliphatic carbocycles. The number of nitrogens with zero attached hydrogens (tertiary/aromatic N) is 2. The van der Waals surface area contributed by atoms with Crippen molar-refractivity contribution in [3.05, 3.63) is 156 Å². The van der Waals surface area contributed by atoms with E-state index >= 15 is 0 Å². The van der Waals surface area contributed by atoms with Gasteiger partial charge in [-0.2, -0.15) is 0 Å². The van der Waals surface area contributed by atoms with Gasteiger partial charge in [-0.3, -0.25) is 4.57 Å². The largest absolute Gasteiger partial charge is 0.296 e. The molecule has 8 aromatic rings. The lowest BCUT2D eigenvalue weighted by Gasteiger charge is -2.23. The highest BCUT2D eigenvalue weighted by Crippen LogP contribution is 2.51. The first-order chi connectivity index (χ1) is 25.7. The highest BCUT2D eigenvalue weighted by molar-refractivity contribution is 6.22. The van der Waals surface area contributed by atoms with Crippen LogP contribution in [0.15, 0.2) is 140 Å². The third-order valence-corrected chi connectivity index (χ3v) is 9.24. The predicted octanol–water partition coefficient (Wildman–Crippen LogP) is 11.3. The number of imidazole rings is 1. The Hall–Kier alpha value is -5.47. The molecule has 0 saturated heterocycles. The third-order valence-electron chi connectivity index (χ3n) is 9.24. The molecule has 0 aliphatic heterocycles. The molecule has 0 amide bonds. The number of rotatable bonds is 3. The molecule has 1 aromatic heterocycles. The van der Waals surface area contributed by atoms with Gasteiger partial charge in [-0.25, -0.2) is 4.98 Å². The number of para-hydroxylation sites is 3. The lowest BCUT2D eigenvalue weighted by molar-refractivity contribution is 0.660. The Bertz CT molecular complexity index is 2740. The minimum atomic E-state index is -2.89. The van der Waals surface area contributed by atoms with Gasteiger partial charge in [0.05, 0.1) is 16.7 Å². The van der Waals surface area contributed by atoms with E-state index in [2.05, 4.69) is 4.98 Å². The van der Waals surface area contributed by atoms with E-state index in [1.165, 1.54) is 0 Å². The van der Waals surface area contributed by atoms with Crippen LogP contribution in [0.1, 0.15) is 43.0 Å². The highest BCUT2D eigenvalue weighted by Gasteiger charge is 2.35. The molecule has 9 rings (SSSR count). The molecule has 0 atom stereocenters. The van der Waals surface area contributed by atoms with E-state index in [9.17, 15) is 0 Å². The highest BCUT2D eigenvalue weighted by atomic mass is 15.1. The predicted molar refractivity (Wildman–Crippen MR) is 189 cm³/mol. The second kappa shape index (κ2) is 9.51. The molecule has 2 heteroatoms. The Kier molecular flexibility index (Phi) is 3.88. The normalized spacial score (nSPS) is 17.2. The number of fused-ring (bicyclic) bond motifs is 6. The van der Waals surface area contributed by atoms with E-state index in [4.69, 9.17) is 12.3 Å². The van der Waals surface area contributed by atoms with Crippen molar-refractivity contribution in [3.63, 3.8) is 0 Å². The van der Waals surface area contributed by atoms with Crippen molar-refractivity contribution in [2.24, 2.45) is 0 Å². The monoisotopic (exact) mass is 585 g/mol. The smallest absolute Gasteiger partial charge is 0.111 e. The Morgan fingerprint density at radius 3 is 1.89 bits per heavy atom. The van der Waals surface area contributed by atoms with Crippen LogP contribution < -0.4 is 0 Å². The fourth-order valence-corrected chi connectivity index (χ4v) is 7.31. The lowest BCUT2D eigenvalue weighted by Crippen LogP contribution is -2.14. The molecule has 1 heterocycles.